The smallest absolute Gasteiger partial charge is 0.289 e. The second-order valence-electron chi connectivity index (χ2n) is 5.13. The van der Waals surface area contributed by atoms with E-state index in [2.05, 4.69) is 14.9 Å². The average molecular weight is 337 g/mol. The Bertz CT molecular complexity index is 691. The van der Waals surface area contributed by atoms with E-state index in [1.54, 1.807) is 36.5 Å². The number of methoxy groups -OCH3 is 1. The number of carbonyl (C=O) groups excluding carboxylic acids is 1. The lowest BCUT2D eigenvalue weighted by Crippen LogP contribution is -2.35. The number of nitrogens with zero attached hydrogens (tertiary/aromatic N) is 4. The molecule has 0 radical (unpaired) electrons. The first-order valence-electron chi connectivity index (χ1n) is 7.33. The first-order chi connectivity index (χ1) is 11.2. The molecule has 8 heteroatoms. The summed E-state index contributed by atoms with van der Waals surface area (Å²) in [4.78, 5) is 24.8. The molecule has 3 rings (SSSR count). The molecule has 1 fully saturated rings. The number of carbonyl (C=O) groups is 1. The third kappa shape index (κ3) is 3.39. The van der Waals surface area contributed by atoms with Crippen molar-refractivity contribution in [3.05, 3.63) is 35.5 Å². The van der Waals surface area contributed by atoms with Gasteiger partial charge in [0, 0.05) is 38.6 Å². The fourth-order valence-electron chi connectivity index (χ4n) is 2.60. The van der Waals surface area contributed by atoms with Gasteiger partial charge < -0.3 is 19.0 Å². The van der Waals surface area contributed by atoms with E-state index in [1.165, 1.54) is 0 Å². The summed E-state index contributed by atoms with van der Waals surface area (Å²) in [5, 5.41) is 0.217. The molecule has 23 heavy (non-hydrogen) atoms. The number of halogens is 1. The van der Waals surface area contributed by atoms with E-state index in [-0.39, 0.29) is 16.9 Å². The molecule has 122 valence electrons. The number of aromatic nitrogens is 2. The molecule has 0 aromatic carbocycles. The van der Waals surface area contributed by atoms with Gasteiger partial charge >= 0.3 is 0 Å². The van der Waals surface area contributed by atoms with Crippen molar-refractivity contribution in [2.24, 2.45) is 0 Å². The van der Waals surface area contributed by atoms with E-state index in [4.69, 9.17) is 20.8 Å². The molecule has 1 aliphatic heterocycles. The molecular weight excluding hydrogens is 320 g/mol. The highest BCUT2D eigenvalue weighted by Crippen LogP contribution is 2.23. The minimum atomic E-state index is -0.148. The number of hydrogen-bond donors (Lipinski definition) is 0. The molecule has 0 bridgehead atoms. The number of amides is 1. The minimum Gasteiger partial charge on any atom is -0.478 e. The Labute approximate surface area is 138 Å². The Balaban J connectivity index is 1.71. The topological polar surface area (TPSA) is 71.7 Å². The van der Waals surface area contributed by atoms with Crippen molar-refractivity contribution in [3.8, 4) is 5.88 Å². The van der Waals surface area contributed by atoms with E-state index in [0.717, 1.165) is 13.0 Å². The van der Waals surface area contributed by atoms with Crippen LogP contribution in [0.5, 0.6) is 5.88 Å². The zero-order valence-electron chi connectivity index (χ0n) is 12.7. The summed E-state index contributed by atoms with van der Waals surface area (Å²) in [5.74, 6) is 1.31. The lowest BCUT2D eigenvalue weighted by Gasteiger charge is -2.23. The Morgan fingerprint density at radius 1 is 1.22 bits per heavy atom. The average Bonchev–Trinajstić information content (AvgIpc) is 2.87. The predicted molar refractivity (Wildman–Crippen MR) is 85.0 cm³/mol. The van der Waals surface area contributed by atoms with Crippen LogP contribution in [0.4, 0.5) is 5.82 Å². The number of furan rings is 1. The monoisotopic (exact) mass is 336 g/mol. The highest BCUT2D eigenvalue weighted by molar-refractivity contribution is 6.29. The van der Waals surface area contributed by atoms with Gasteiger partial charge in [-0.3, -0.25) is 4.79 Å². The van der Waals surface area contributed by atoms with E-state index >= 15 is 0 Å². The van der Waals surface area contributed by atoms with Crippen LogP contribution in [0.1, 0.15) is 17.0 Å². The van der Waals surface area contributed by atoms with Crippen LogP contribution in [0.15, 0.2) is 28.9 Å². The van der Waals surface area contributed by atoms with E-state index in [1.807, 2.05) is 0 Å². The van der Waals surface area contributed by atoms with Crippen LogP contribution in [0, 0.1) is 0 Å². The quantitative estimate of drug-likeness (QED) is 0.854. The zero-order chi connectivity index (χ0) is 16.2. The summed E-state index contributed by atoms with van der Waals surface area (Å²) in [7, 11) is 1.57. The molecule has 1 amide bonds. The Morgan fingerprint density at radius 3 is 2.78 bits per heavy atom. The predicted octanol–water partition coefficient (Wildman–Crippen LogP) is 2.08. The molecule has 0 unspecified atom stereocenters. The maximum atomic E-state index is 12.4. The summed E-state index contributed by atoms with van der Waals surface area (Å²) in [6, 6.07) is 3.17. The molecule has 2 aromatic rings. The van der Waals surface area contributed by atoms with Crippen LogP contribution < -0.4 is 9.64 Å². The van der Waals surface area contributed by atoms with Crippen LogP contribution in [0.25, 0.3) is 0 Å². The summed E-state index contributed by atoms with van der Waals surface area (Å²) in [6.07, 6.45) is 4.05. The Morgan fingerprint density at radius 2 is 2.04 bits per heavy atom. The molecule has 0 spiro atoms. The fraction of sp³-hybridized carbons (Fsp3) is 0.400. The van der Waals surface area contributed by atoms with Crippen molar-refractivity contribution in [3.63, 3.8) is 0 Å². The van der Waals surface area contributed by atoms with E-state index in [9.17, 15) is 4.79 Å². The molecule has 0 aliphatic carbocycles. The SMILES string of the molecule is COc1nccnc1N1CCCN(C(=O)c2ccc(Cl)o2)CC1. The van der Waals surface area contributed by atoms with Gasteiger partial charge in [-0.1, -0.05) is 0 Å². The molecule has 3 heterocycles. The minimum absolute atomic E-state index is 0.148. The lowest BCUT2D eigenvalue weighted by atomic mass is 10.3. The molecular formula is C15H17ClN4O3. The highest BCUT2D eigenvalue weighted by Gasteiger charge is 2.24. The van der Waals surface area contributed by atoms with Gasteiger partial charge in [-0.15, -0.1) is 0 Å². The molecule has 1 saturated heterocycles. The van der Waals surface area contributed by atoms with Crippen LogP contribution in [-0.4, -0.2) is 54.1 Å². The third-order valence-electron chi connectivity index (χ3n) is 3.71. The van der Waals surface area contributed by atoms with Crippen LogP contribution in [0.2, 0.25) is 5.22 Å². The number of hydrogen-bond acceptors (Lipinski definition) is 6. The first kappa shape index (κ1) is 15.6. The number of anilines is 1. The Kier molecular flexibility index (Phi) is 4.66. The van der Waals surface area contributed by atoms with Crippen LogP contribution >= 0.6 is 11.6 Å². The van der Waals surface area contributed by atoms with Crippen LogP contribution in [0.3, 0.4) is 0 Å². The van der Waals surface area contributed by atoms with Gasteiger partial charge in [0.15, 0.2) is 16.8 Å². The van der Waals surface area contributed by atoms with Crippen molar-refractivity contribution in [2.45, 2.75) is 6.42 Å². The molecule has 0 N–H and O–H groups in total. The van der Waals surface area contributed by atoms with Gasteiger partial charge in [-0.2, -0.15) is 0 Å². The van der Waals surface area contributed by atoms with Gasteiger partial charge in [0.2, 0.25) is 0 Å². The van der Waals surface area contributed by atoms with Crippen molar-refractivity contribution in [1.82, 2.24) is 14.9 Å². The summed E-state index contributed by atoms with van der Waals surface area (Å²) in [6.45, 7) is 2.64. The van der Waals surface area contributed by atoms with Crippen molar-refractivity contribution >= 4 is 23.3 Å². The summed E-state index contributed by atoms with van der Waals surface area (Å²) < 4.78 is 10.5. The van der Waals surface area contributed by atoms with Gasteiger partial charge in [-0.25, -0.2) is 9.97 Å². The van der Waals surface area contributed by atoms with Gasteiger partial charge in [0.1, 0.15) is 0 Å². The fourth-order valence-corrected chi connectivity index (χ4v) is 2.74. The summed E-state index contributed by atoms with van der Waals surface area (Å²) >= 11 is 5.74. The van der Waals surface area contributed by atoms with Gasteiger partial charge in [-0.05, 0) is 30.2 Å². The molecule has 0 atom stereocenters. The largest absolute Gasteiger partial charge is 0.478 e. The van der Waals surface area contributed by atoms with E-state index < -0.39 is 0 Å². The number of rotatable bonds is 3. The second kappa shape index (κ2) is 6.87. The maximum Gasteiger partial charge on any atom is 0.289 e. The summed E-state index contributed by atoms with van der Waals surface area (Å²) in [5.41, 5.74) is 0. The molecule has 2 aromatic heterocycles. The zero-order valence-corrected chi connectivity index (χ0v) is 13.5. The van der Waals surface area contributed by atoms with Gasteiger partial charge in [0.05, 0.1) is 7.11 Å². The molecule has 0 saturated carbocycles. The second-order valence-corrected chi connectivity index (χ2v) is 5.50. The van der Waals surface area contributed by atoms with Crippen molar-refractivity contribution < 1.29 is 13.9 Å². The molecule has 7 nitrogen and oxygen atoms in total. The number of ether oxygens (including phenoxy) is 1. The molecule has 1 aliphatic rings. The highest BCUT2D eigenvalue weighted by atomic mass is 35.5. The van der Waals surface area contributed by atoms with Gasteiger partial charge in [0.25, 0.3) is 11.8 Å². The van der Waals surface area contributed by atoms with Crippen molar-refractivity contribution in [1.29, 1.82) is 0 Å². The van der Waals surface area contributed by atoms with Crippen LogP contribution in [-0.2, 0) is 0 Å². The standard InChI is InChI=1S/C15H17ClN4O3/c1-22-14-13(17-5-6-18-14)19-7-2-8-20(10-9-19)15(21)11-3-4-12(16)23-11/h3-6H,2,7-10H2,1H3. The van der Waals surface area contributed by atoms with E-state index in [0.29, 0.717) is 31.3 Å². The van der Waals surface area contributed by atoms with Crippen molar-refractivity contribution in [2.75, 3.05) is 38.2 Å². The normalized spacial score (nSPS) is 15.4. The lowest BCUT2D eigenvalue weighted by molar-refractivity contribution is 0.0735. The Hall–Kier alpha value is -2.28. The maximum absolute atomic E-state index is 12.4. The third-order valence-corrected chi connectivity index (χ3v) is 3.91. The first-order valence-corrected chi connectivity index (χ1v) is 7.71.